The van der Waals surface area contributed by atoms with Gasteiger partial charge < -0.3 is 0 Å². The Labute approximate surface area is 141 Å². The van der Waals surface area contributed by atoms with Gasteiger partial charge in [0.25, 0.3) is 5.69 Å². The summed E-state index contributed by atoms with van der Waals surface area (Å²) in [5.41, 5.74) is 2.01. The van der Waals surface area contributed by atoms with E-state index in [1.807, 2.05) is 30.3 Å². The number of halogens is 1. The predicted octanol–water partition coefficient (Wildman–Crippen LogP) is 4.11. The molecule has 25 heavy (non-hydrogen) atoms. The molecule has 2 aromatic carbocycles. The molecule has 0 amide bonds. The van der Waals surface area contributed by atoms with Crippen LogP contribution < -0.4 is 0 Å². The van der Waals surface area contributed by atoms with E-state index in [0.29, 0.717) is 11.5 Å². The second-order valence-electron chi connectivity index (χ2n) is 5.41. The van der Waals surface area contributed by atoms with E-state index < -0.39 is 10.7 Å². The van der Waals surface area contributed by atoms with Crippen molar-refractivity contribution >= 4 is 11.5 Å². The summed E-state index contributed by atoms with van der Waals surface area (Å²) in [5, 5.41) is 10.9. The van der Waals surface area contributed by atoms with E-state index in [9.17, 15) is 14.5 Å². The lowest BCUT2D eigenvalue weighted by molar-refractivity contribution is -0.384. The highest BCUT2D eigenvalue weighted by Crippen LogP contribution is 2.27. The second kappa shape index (κ2) is 5.79. The zero-order valence-electron chi connectivity index (χ0n) is 12.8. The fraction of sp³-hybridized carbons (Fsp3) is 0. The summed E-state index contributed by atoms with van der Waals surface area (Å²) < 4.78 is 15.9. The van der Waals surface area contributed by atoms with Crippen molar-refractivity contribution in [2.45, 2.75) is 0 Å². The first-order chi connectivity index (χ1) is 12.1. The first-order valence-electron chi connectivity index (χ1n) is 7.47. The van der Waals surface area contributed by atoms with Gasteiger partial charge in [-0.1, -0.05) is 30.3 Å². The largest absolute Gasteiger partial charge is 0.284 e. The van der Waals surface area contributed by atoms with Gasteiger partial charge in [0.15, 0.2) is 0 Å². The Morgan fingerprint density at radius 2 is 1.88 bits per heavy atom. The first kappa shape index (κ1) is 14.9. The number of nitro groups is 1. The summed E-state index contributed by atoms with van der Waals surface area (Å²) in [6.45, 7) is 0. The van der Waals surface area contributed by atoms with Gasteiger partial charge in [-0.05, 0) is 12.1 Å². The number of hydrogen-bond acceptors (Lipinski definition) is 4. The average Bonchev–Trinajstić information content (AvgIpc) is 3.05. The topological polar surface area (TPSA) is 73.3 Å². The monoisotopic (exact) mass is 334 g/mol. The minimum atomic E-state index is -0.572. The van der Waals surface area contributed by atoms with E-state index in [2.05, 4.69) is 9.97 Å². The molecular formula is C18H11FN4O2. The van der Waals surface area contributed by atoms with Crippen molar-refractivity contribution in [2.24, 2.45) is 0 Å². The van der Waals surface area contributed by atoms with E-state index in [0.717, 1.165) is 23.4 Å². The molecule has 122 valence electrons. The molecule has 0 aliphatic carbocycles. The number of benzene rings is 2. The molecule has 0 unspecified atom stereocenters. The minimum Gasteiger partial charge on any atom is -0.284 e. The van der Waals surface area contributed by atoms with Gasteiger partial charge >= 0.3 is 0 Å². The predicted molar refractivity (Wildman–Crippen MR) is 90.5 cm³/mol. The quantitative estimate of drug-likeness (QED) is 0.417. The second-order valence-corrected chi connectivity index (χ2v) is 5.41. The molecule has 0 spiro atoms. The third-order valence-electron chi connectivity index (χ3n) is 3.89. The minimum absolute atomic E-state index is 0.0703. The normalized spacial score (nSPS) is 10.9. The van der Waals surface area contributed by atoms with Crippen LogP contribution in [0.15, 0.2) is 67.0 Å². The summed E-state index contributed by atoms with van der Waals surface area (Å²) in [5.74, 6) is -0.181. The molecule has 4 aromatic rings. The molecule has 0 radical (unpaired) electrons. The molecule has 4 rings (SSSR count). The summed E-state index contributed by atoms with van der Waals surface area (Å²) in [6.07, 6.45) is 3.41. The van der Waals surface area contributed by atoms with Crippen LogP contribution in [0.4, 0.5) is 10.1 Å². The van der Waals surface area contributed by atoms with Crippen LogP contribution in [-0.4, -0.2) is 19.3 Å². The molecule has 0 bridgehead atoms. The number of rotatable bonds is 3. The van der Waals surface area contributed by atoms with Gasteiger partial charge in [0.1, 0.15) is 5.82 Å². The molecule has 2 aromatic heterocycles. The highest BCUT2D eigenvalue weighted by atomic mass is 19.1. The SMILES string of the molecule is O=[N+]([O-])c1ccc(F)c(-c2ccn3c(-c4ccccc4)cnc3n2)c1. The van der Waals surface area contributed by atoms with E-state index in [4.69, 9.17) is 0 Å². The zero-order chi connectivity index (χ0) is 17.4. The van der Waals surface area contributed by atoms with E-state index in [-0.39, 0.29) is 11.3 Å². The summed E-state index contributed by atoms with van der Waals surface area (Å²) in [7, 11) is 0. The van der Waals surface area contributed by atoms with Gasteiger partial charge in [-0.3, -0.25) is 14.5 Å². The molecule has 0 saturated carbocycles. The number of nitro benzene ring substituents is 1. The number of imidazole rings is 1. The van der Waals surface area contributed by atoms with Crippen molar-refractivity contribution < 1.29 is 9.31 Å². The smallest absolute Gasteiger partial charge is 0.270 e. The lowest BCUT2D eigenvalue weighted by Crippen LogP contribution is -1.96. The Morgan fingerprint density at radius 3 is 2.64 bits per heavy atom. The Morgan fingerprint density at radius 1 is 1.08 bits per heavy atom. The van der Waals surface area contributed by atoms with Crippen LogP contribution in [-0.2, 0) is 0 Å². The highest BCUT2D eigenvalue weighted by Gasteiger charge is 2.15. The van der Waals surface area contributed by atoms with Gasteiger partial charge in [0, 0.05) is 29.5 Å². The maximum absolute atomic E-state index is 14.1. The van der Waals surface area contributed by atoms with Gasteiger partial charge in [-0.15, -0.1) is 0 Å². The molecule has 7 heteroatoms. The fourth-order valence-corrected chi connectivity index (χ4v) is 2.67. The van der Waals surface area contributed by atoms with Gasteiger partial charge in [0.2, 0.25) is 5.78 Å². The highest BCUT2D eigenvalue weighted by molar-refractivity contribution is 5.67. The third-order valence-corrected chi connectivity index (χ3v) is 3.89. The molecular weight excluding hydrogens is 323 g/mol. The number of nitrogens with zero attached hydrogens (tertiary/aromatic N) is 4. The van der Waals surface area contributed by atoms with E-state index in [1.54, 1.807) is 22.9 Å². The molecule has 6 nitrogen and oxygen atoms in total. The van der Waals surface area contributed by atoms with E-state index >= 15 is 0 Å². The van der Waals surface area contributed by atoms with Crippen molar-refractivity contribution in [1.29, 1.82) is 0 Å². The van der Waals surface area contributed by atoms with Crippen molar-refractivity contribution in [2.75, 3.05) is 0 Å². The molecule has 0 atom stereocenters. The lowest BCUT2D eigenvalue weighted by Gasteiger charge is -2.05. The summed E-state index contributed by atoms with van der Waals surface area (Å²) in [4.78, 5) is 19.0. The Kier molecular flexibility index (Phi) is 3.46. The molecule has 0 fully saturated rings. The van der Waals surface area contributed by atoms with Crippen molar-refractivity contribution in [3.05, 3.63) is 82.9 Å². The number of hydrogen-bond donors (Lipinski definition) is 0. The summed E-state index contributed by atoms with van der Waals surface area (Å²) in [6, 6.07) is 14.7. The maximum Gasteiger partial charge on any atom is 0.270 e. The molecule has 0 saturated heterocycles. The number of non-ortho nitro benzene ring substituents is 1. The van der Waals surface area contributed by atoms with Crippen molar-refractivity contribution in [1.82, 2.24) is 14.4 Å². The van der Waals surface area contributed by atoms with Gasteiger partial charge in [0.05, 0.1) is 22.5 Å². The Hall–Kier alpha value is -3.61. The standard InChI is InChI=1S/C18H11FN4O2/c19-15-7-6-13(23(24)25)10-14(15)16-8-9-22-17(11-20-18(22)21-16)12-4-2-1-3-5-12/h1-11H. The van der Waals surface area contributed by atoms with Gasteiger partial charge in [-0.2, -0.15) is 0 Å². The summed E-state index contributed by atoms with van der Waals surface area (Å²) >= 11 is 0. The van der Waals surface area contributed by atoms with E-state index in [1.165, 1.54) is 6.07 Å². The van der Waals surface area contributed by atoms with Crippen LogP contribution in [0.5, 0.6) is 0 Å². The Balaban J connectivity index is 1.84. The van der Waals surface area contributed by atoms with Gasteiger partial charge in [-0.25, -0.2) is 14.4 Å². The maximum atomic E-state index is 14.1. The van der Waals surface area contributed by atoms with Crippen molar-refractivity contribution in [3.8, 4) is 22.5 Å². The Bertz CT molecular complexity index is 1090. The van der Waals surface area contributed by atoms with Crippen LogP contribution in [0.25, 0.3) is 28.3 Å². The van der Waals surface area contributed by atoms with Crippen LogP contribution >= 0.6 is 0 Å². The van der Waals surface area contributed by atoms with Crippen LogP contribution in [0.2, 0.25) is 0 Å². The molecule has 0 aliphatic heterocycles. The van der Waals surface area contributed by atoms with Crippen LogP contribution in [0.1, 0.15) is 0 Å². The number of aromatic nitrogens is 3. The zero-order valence-corrected chi connectivity index (χ0v) is 12.8. The lowest BCUT2D eigenvalue weighted by atomic mass is 10.1. The molecule has 0 aliphatic rings. The number of fused-ring (bicyclic) bond motifs is 1. The molecule has 2 heterocycles. The van der Waals surface area contributed by atoms with Crippen LogP contribution in [0.3, 0.4) is 0 Å². The third kappa shape index (κ3) is 2.61. The first-order valence-corrected chi connectivity index (χ1v) is 7.47. The average molecular weight is 334 g/mol. The van der Waals surface area contributed by atoms with Crippen LogP contribution in [0, 0.1) is 15.9 Å². The molecule has 0 N–H and O–H groups in total. The van der Waals surface area contributed by atoms with Crippen molar-refractivity contribution in [3.63, 3.8) is 0 Å². The fourth-order valence-electron chi connectivity index (χ4n) is 2.67.